The van der Waals surface area contributed by atoms with Crippen molar-refractivity contribution in [2.24, 2.45) is 10.9 Å². The highest BCUT2D eigenvalue weighted by molar-refractivity contribution is 14.0. The lowest BCUT2D eigenvalue weighted by Gasteiger charge is -2.16. The van der Waals surface area contributed by atoms with Crippen LogP contribution in [0.4, 0.5) is 0 Å². The van der Waals surface area contributed by atoms with Crippen LogP contribution in [0, 0.1) is 33.6 Å². The van der Waals surface area contributed by atoms with Gasteiger partial charge in [-0.1, -0.05) is 6.92 Å². The van der Waals surface area contributed by atoms with Crippen molar-refractivity contribution in [3.05, 3.63) is 33.0 Å². The van der Waals surface area contributed by atoms with E-state index in [1.54, 1.807) is 11.3 Å². The van der Waals surface area contributed by atoms with E-state index in [1.165, 1.54) is 10.6 Å². The van der Waals surface area contributed by atoms with Crippen molar-refractivity contribution in [3.63, 3.8) is 0 Å². The third-order valence-corrected chi connectivity index (χ3v) is 5.05. The van der Waals surface area contributed by atoms with Crippen molar-refractivity contribution in [2.45, 2.75) is 54.6 Å². The van der Waals surface area contributed by atoms with Gasteiger partial charge >= 0.3 is 0 Å². The summed E-state index contributed by atoms with van der Waals surface area (Å²) in [6.07, 6.45) is 0. The fourth-order valence-corrected chi connectivity index (χ4v) is 3.44. The van der Waals surface area contributed by atoms with E-state index < -0.39 is 0 Å². The summed E-state index contributed by atoms with van der Waals surface area (Å²) in [4.78, 5) is 10.5. The number of hydrogen-bond donors (Lipinski definition) is 2. The number of thiazole rings is 1. The van der Waals surface area contributed by atoms with Crippen molar-refractivity contribution in [1.29, 1.82) is 0 Å². The highest BCUT2D eigenvalue weighted by Gasteiger charge is 2.09. The van der Waals surface area contributed by atoms with Crippen molar-refractivity contribution in [3.8, 4) is 0 Å². The van der Waals surface area contributed by atoms with Gasteiger partial charge in [0, 0.05) is 30.2 Å². The third kappa shape index (κ3) is 6.86. The van der Waals surface area contributed by atoms with Crippen LogP contribution >= 0.6 is 35.3 Å². The first-order valence-corrected chi connectivity index (χ1v) is 9.66. The van der Waals surface area contributed by atoms with E-state index in [4.69, 9.17) is 0 Å². The second kappa shape index (κ2) is 10.9. The molecule has 0 fully saturated rings. The summed E-state index contributed by atoms with van der Waals surface area (Å²) >= 11 is 1.72. The number of aliphatic imine (C=N–C) groups is 1. The number of guanidine groups is 1. The highest BCUT2D eigenvalue weighted by Crippen LogP contribution is 2.16. The van der Waals surface area contributed by atoms with E-state index in [9.17, 15) is 0 Å². The highest BCUT2D eigenvalue weighted by atomic mass is 127. The number of rotatable bonds is 7. The molecule has 0 bridgehead atoms. The maximum Gasteiger partial charge on any atom is 0.191 e. The molecule has 8 heteroatoms. The SMILES string of the molecule is CCNC(=NCc1nc(C)c(C)s1)NCC(C)Cn1nc(C)cc1C.I. The molecule has 0 aromatic carbocycles. The zero-order valence-electron chi connectivity index (χ0n) is 16.6. The molecule has 1 atom stereocenters. The van der Waals surface area contributed by atoms with Gasteiger partial charge in [0.15, 0.2) is 5.96 Å². The van der Waals surface area contributed by atoms with Gasteiger partial charge in [0.1, 0.15) is 5.01 Å². The molecule has 0 saturated carbocycles. The third-order valence-electron chi connectivity index (χ3n) is 4.00. The summed E-state index contributed by atoms with van der Waals surface area (Å²) < 4.78 is 2.08. The minimum Gasteiger partial charge on any atom is -0.357 e. The Bertz CT molecular complexity index is 702. The first-order valence-electron chi connectivity index (χ1n) is 8.85. The van der Waals surface area contributed by atoms with Crippen molar-refractivity contribution in [1.82, 2.24) is 25.4 Å². The van der Waals surface area contributed by atoms with Crippen LogP contribution in [0.3, 0.4) is 0 Å². The lowest BCUT2D eigenvalue weighted by molar-refractivity contribution is 0.436. The van der Waals surface area contributed by atoms with E-state index in [1.807, 2.05) is 13.8 Å². The molecule has 0 spiro atoms. The van der Waals surface area contributed by atoms with Crippen LogP contribution < -0.4 is 10.6 Å². The minimum atomic E-state index is 0. The topological polar surface area (TPSA) is 67.1 Å². The maximum absolute atomic E-state index is 4.66. The summed E-state index contributed by atoms with van der Waals surface area (Å²) in [7, 11) is 0. The Morgan fingerprint density at radius 1 is 1.27 bits per heavy atom. The molecule has 1 unspecified atom stereocenters. The number of nitrogens with one attached hydrogen (secondary N) is 2. The molecule has 2 aromatic heterocycles. The smallest absolute Gasteiger partial charge is 0.191 e. The van der Waals surface area contributed by atoms with E-state index in [0.717, 1.165) is 42.0 Å². The molecule has 146 valence electrons. The molecule has 0 aliphatic heterocycles. The average Bonchev–Trinajstić information content (AvgIpc) is 3.03. The lowest BCUT2D eigenvalue weighted by Crippen LogP contribution is -2.40. The molecular weight excluding hydrogens is 459 g/mol. The number of nitrogens with zero attached hydrogens (tertiary/aromatic N) is 4. The fourth-order valence-electron chi connectivity index (χ4n) is 2.59. The summed E-state index contributed by atoms with van der Waals surface area (Å²) in [5, 5.41) is 12.3. The zero-order chi connectivity index (χ0) is 18.4. The van der Waals surface area contributed by atoms with Crippen molar-refractivity contribution >= 4 is 41.3 Å². The molecule has 0 aliphatic carbocycles. The Morgan fingerprint density at radius 2 is 2.00 bits per heavy atom. The van der Waals surface area contributed by atoms with Gasteiger partial charge in [0.2, 0.25) is 0 Å². The lowest BCUT2D eigenvalue weighted by atomic mass is 10.2. The molecule has 0 amide bonds. The van der Waals surface area contributed by atoms with E-state index in [2.05, 4.69) is 64.2 Å². The van der Waals surface area contributed by atoms with Gasteiger partial charge in [-0.25, -0.2) is 9.98 Å². The van der Waals surface area contributed by atoms with Gasteiger partial charge in [0.05, 0.1) is 17.9 Å². The Kier molecular flexibility index (Phi) is 9.56. The van der Waals surface area contributed by atoms with E-state index in [0.29, 0.717) is 12.5 Å². The van der Waals surface area contributed by atoms with Crippen LogP contribution in [0.15, 0.2) is 11.1 Å². The number of hydrogen-bond acceptors (Lipinski definition) is 4. The number of halogens is 1. The maximum atomic E-state index is 4.66. The van der Waals surface area contributed by atoms with E-state index in [-0.39, 0.29) is 24.0 Å². The van der Waals surface area contributed by atoms with Crippen LogP contribution in [0.2, 0.25) is 0 Å². The van der Waals surface area contributed by atoms with Gasteiger partial charge in [-0.15, -0.1) is 35.3 Å². The molecule has 6 nitrogen and oxygen atoms in total. The molecule has 26 heavy (non-hydrogen) atoms. The average molecular weight is 490 g/mol. The molecule has 2 aromatic rings. The van der Waals surface area contributed by atoms with Gasteiger partial charge in [-0.3, -0.25) is 4.68 Å². The van der Waals surface area contributed by atoms with Crippen LogP contribution in [0.5, 0.6) is 0 Å². The molecule has 0 saturated heterocycles. The second-order valence-corrected chi connectivity index (χ2v) is 7.83. The molecule has 0 radical (unpaired) electrons. The second-order valence-electron chi connectivity index (χ2n) is 6.54. The summed E-state index contributed by atoms with van der Waals surface area (Å²) in [5.74, 6) is 1.29. The first kappa shape index (κ1) is 22.9. The normalized spacial score (nSPS) is 12.6. The van der Waals surface area contributed by atoms with Crippen LogP contribution in [0.1, 0.15) is 40.8 Å². The van der Waals surface area contributed by atoms with Crippen LogP contribution in [-0.2, 0) is 13.1 Å². The summed E-state index contributed by atoms with van der Waals surface area (Å²) in [6, 6.07) is 2.11. The quantitative estimate of drug-likeness (QED) is 0.354. The molecule has 2 rings (SSSR count). The molecular formula is C18H31IN6S. The Balaban J connectivity index is 0.00000338. The van der Waals surface area contributed by atoms with E-state index >= 15 is 0 Å². The predicted octanol–water partition coefficient (Wildman–Crippen LogP) is 3.58. The molecule has 2 N–H and O–H groups in total. The number of aryl methyl sites for hydroxylation is 4. The molecule has 2 heterocycles. The van der Waals surface area contributed by atoms with Crippen molar-refractivity contribution < 1.29 is 0 Å². The van der Waals surface area contributed by atoms with Gasteiger partial charge < -0.3 is 10.6 Å². The largest absolute Gasteiger partial charge is 0.357 e. The minimum absolute atomic E-state index is 0. The monoisotopic (exact) mass is 490 g/mol. The summed E-state index contributed by atoms with van der Waals surface area (Å²) in [5.41, 5.74) is 3.38. The predicted molar refractivity (Wildman–Crippen MR) is 121 cm³/mol. The standard InChI is InChI=1S/C18H30N6S.HI/c1-7-19-18(21-10-17-22-15(5)16(6)25-17)20-9-12(2)11-24-14(4)8-13(3)23-24;/h8,12H,7,9-11H2,1-6H3,(H2,19,20,21);1H. The molecule has 0 aliphatic rings. The van der Waals surface area contributed by atoms with Crippen LogP contribution in [-0.4, -0.2) is 33.8 Å². The van der Waals surface area contributed by atoms with Gasteiger partial charge in [-0.2, -0.15) is 5.10 Å². The van der Waals surface area contributed by atoms with Gasteiger partial charge in [-0.05, 0) is 46.6 Å². The van der Waals surface area contributed by atoms with Crippen molar-refractivity contribution in [2.75, 3.05) is 13.1 Å². The Hall–Kier alpha value is -1.16. The van der Waals surface area contributed by atoms with Crippen LogP contribution in [0.25, 0.3) is 0 Å². The fraction of sp³-hybridized carbons (Fsp3) is 0.611. The zero-order valence-corrected chi connectivity index (χ0v) is 19.7. The first-order chi connectivity index (χ1) is 11.9. The summed E-state index contributed by atoms with van der Waals surface area (Å²) in [6.45, 7) is 15.8. The van der Waals surface area contributed by atoms with Gasteiger partial charge in [0.25, 0.3) is 0 Å². The number of aromatic nitrogens is 3. The Morgan fingerprint density at radius 3 is 2.54 bits per heavy atom. The Labute approximate surface area is 177 Å².